The third-order valence-corrected chi connectivity index (χ3v) is 8.50. The van der Waals surface area contributed by atoms with Gasteiger partial charge in [-0.2, -0.15) is 0 Å². The lowest BCUT2D eigenvalue weighted by atomic mass is 9.99. The van der Waals surface area contributed by atoms with E-state index in [-0.39, 0.29) is 31.4 Å². The Morgan fingerprint density at radius 2 is 1.13 bits per heavy atom. The van der Waals surface area contributed by atoms with E-state index in [1.54, 1.807) is 84.7 Å². The summed E-state index contributed by atoms with van der Waals surface area (Å²) >= 11 is 0. The van der Waals surface area contributed by atoms with Gasteiger partial charge in [-0.25, -0.2) is 23.1 Å². The second-order valence-corrected chi connectivity index (χ2v) is 12.1. The van der Waals surface area contributed by atoms with Gasteiger partial charge in [0.25, 0.3) is 5.82 Å². The average Bonchev–Trinajstić information content (AvgIpc) is 3.81. The molecule has 0 radical (unpaired) electrons. The highest BCUT2D eigenvalue weighted by atomic mass is 19.1. The minimum atomic E-state index is -1.62. The summed E-state index contributed by atoms with van der Waals surface area (Å²) in [7, 11) is 0. The lowest BCUT2D eigenvalue weighted by Crippen LogP contribution is -2.00. The second-order valence-electron chi connectivity index (χ2n) is 12.1. The predicted molar refractivity (Wildman–Crippen MR) is 210 cm³/mol. The van der Waals surface area contributed by atoms with Crippen molar-refractivity contribution in [3.63, 3.8) is 0 Å². The van der Waals surface area contributed by atoms with Crippen LogP contribution in [0.1, 0.15) is 37.5 Å². The first kappa shape index (κ1) is 39.6. The van der Waals surface area contributed by atoms with Crippen molar-refractivity contribution >= 4 is 17.1 Å². The molecule has 8 aromatic rings. The summed E-state index contributed by atoms with van der Waals surface area (Å²) in [5.74, 6) is -0.0321. The number of aryl methyl sites for hydroxylation is 2. The molecule has 12 heteroatoms. The maximum atomic E-state index is 13.6. The molecule has 0 saturated heterocycles. The summed E-state index contributed by atoms with van der Waals surface area (Å²) in [6, 6.07) is 25.0. The van der Waals surface area contributed by atoms with Crippen LogP contribution in [0.15, 0.2) is 122 Å². The van der Waals surface area contributed by atoms with Gasteiger partial charge in [0, 0.05) is 64.6 Å². The predicted octanol–water partition coefficient (Wildman–Crippen LogP) is 9.19. The van der Waals surface area contributed by atoms with E-state index < -0.39 is 6.29 Å². The molecule has 0 atom stereocenters. The topological polar surface area (TPSA) is 125 Å². The first-order chi connectivity index (χ1) is 26.1. The zero-order valence-electron chi connectivity index (χ0n) is 29.6. The van der Waals surface area contributed by atoms with Crippen molar-refractivity contribution in [1.82, 2.24) is 28.7 Å². The summed E-state index contributed by atoms with van der Waals surface area (Å²) in [6.07, 6.45) is 8.44. The minimum Gasteiger partial charge on any atom is -0.397 e. The number of aliphatic hydroxyl groups excluding tert-OH is 2. The molecule has 6 aromatic heterocycles. The summed E-state index contributed by atoms with van der Waals surface area (Å²) in [5, 5.41) is 26.6. The molecule has 0 bridgehead atoms. The second kappa shape index (κ2) is 17.5. The molecular weight excluding hydrogens is 701 g/mol. The lowest BCUT2D eigenvalue weighted by molar-refractivity contribution is -0.0464. The van der Waals surface area contributed by atoms with Gasteiger partial charge in [-0.15, -0.1) is 0 Å². The lowest BCUT2D eigenvalue weighted by Gasteiger charge is -2.11. The van der Waals surface area contributed by atoms with Gasteiger partial charge in [0.15, 0.2) is 6.29 Å². The van der Waals surface area contributed by atoms with Gasteiger partial charge < -0.3 is 20.2 Å². The largest absolute Gasteiger partial charge is 0.397 e. The molecule has 10 nitrogen and oxygen atoms in total. The van der Waals surface area contributed by atoms with Crippen molar-refractivity contribution in [1.29, 1.82) is 0 Å². The Labute approximate surface area is 317 Å². The Balaban J connectivity index is 0.000000194. The highest BCUT2D eigenvalue weighted by Crippen LogP contribution is 2.33. The molecule has 8 rings (SSSR count). The summed E-state index contributed by atoms with van der Waals surface area (Å²) < 4.78 is 30.6. The Kier molecular flexibility index (Phi) is 12.5. The van der Waals surface area contributed by atoms with Gasteiger partial charge >= 0.3 is 0 Å². The summed E-state index contributed by atoms with van der Waals surface area (Å²) in [5.41, 5.74) is 9.43. The molecule has 3 N–H and O–H groups in total. The molecule has 0 fully saturated rings. The van der Waals surface area contributed by atoms with E-state index in [0.29, 0.717) is 22.6 Å². The Morgan fingerprint density at radius 3 is 1.60 bits per heavy atom. The van der Waals surface area contributed by atoms with E-state index in [0.717, 1.165) is 50.4 Å². The average molecular weight is 740 g/mol. The normalized spacial score (nSPS) is 10.6. The highest BCUT2D eigenvalue weighted by molar-refractivity contribution is 5.82. The van der Waals surface area contributed by atoms with Gasteiger partial charge in [0.2, 0.25) is 5.65 Å². The van der Waals surface area contributed by atoms with E-state index in [9.17, 15) is 19.0 Å². The minimum absolute atomic E-state index is 0. The quantitative estimate of drug-likeness (QED) is 0.119. The first-order valence-electron chi connectivity index (χ1n) is 16.9. The number of aromatic nitrogens is 6. The van der Waals surface area contributed by atoms with Crippen molar-refractivity contribution in [2.24, 2.45) is 0 Å². The van der Waals surface area contributed by atoms with Crippen molar-refractivity contribution in [3.05, 3.63) is 162 Å². The molecule has 0 unspecified atom stereocenters. The van der Waals surface area contributed by atoms with E-state index in [1.807, 2.05) is 48.7 Å². The van der Waals surface area contributed by atoms with Gasteiger partial charge in [-0.3, -0.25) is 14.4 Å². The Hall–Kier alpha value is -6.65. The van der Waals surface area contributed by atoms with Crippen molar-refractivity contribution in [3.8, 4) is 44.8 Å². The van der Waals surface area contributed by atoms with Crippen LogP contribution in [0.25, 0.3) is 60.9 Å². The maximum absolute atomic E-state index is 13.6. The van der Waals surface area contributed by atoms with Crippen LogP contribution in [0.2, 0.25) is 0 Å². The maximum Gasteiger partial charge on any atom is 0.254 e. The van der Waals surface area contributed by atoms with Gasteiger partial charge in [-0.05, 0) is 98.6 Å². The van der Waals surface area contributed by atoms with Crippen LogP contribution in [-0.4, -0.2) is 50.7 Å². The molecule has 0 aliphatic carbocycles. The zero-order valence-corrected chi connectivity index (χ0v) is 29.6. The van der Waals surface area contributed by atoms with Crippen molar-refractivity contribution in [2.75, 3.05) is 6.61 Å². The SMILES string of the molecule is C.CCO.Cc1cc(-c2ncccc2-c2ccc3ncc(C(O)O)n3c2)ccc1F.[C-]#[N+]c1cnc2ccc(-c3cccnc3-c3ccc(F)c(C)c3)cn12. The number of hydrogen-bond donors (Lipinski definition) is 3. The number of nitrogens with zero attached hydrogens (tertiary/aromatic N) is 7. The number of pyridine rings is 4. The number of hydrogen-bond acceptors (Lipinski definition) is 7. The summed E-state index contributed by atoms with van der Waals surface area (Å²) in [4.78, 5) is 20.8. The number of imidazole rings is 2. The van der Waals surface area contributed by atoms with Crippen LogP contribution >= 0.6 is 0 Å². The highest BCUT2D eigenvalue weighted by Gasteiger charge is 2.15. The van der Waals surface area contributed by atoms with Crippen molar-refractivity contribution in [2.45, 2.75) is 34.5 Å². The van der Waals surface area contributed by atoms with Gasteiger partial charge in [0.05, 0.1) is 35.7 Å². The molecule has 0 amide bonds. The fourth-order valence-electron chi connectivity index (χ4n) is 5.88. The molecule has 0 aliphatic rings. The van der Waals surface area contributed by atoms with Crippen LogP contribution in [0.3, 0.4) is 0 Å². The van der Waals surface area contributed by atoms with E-state index in [1.165, 1.54) is 18.3 Å². The fourth-order valence-corrected chi connectivity index (χ4v) is 5.88. The third kappa shape index (κ3) is 8.45. The molecule has 6 heterocycles. The molecule has 278 valence electrons. The number of rotatable bonds is 5. The Bertz CT molecular complexity index is 2630. The first-order valence-corrected chi connectivity index (χ1v) is 16.9. The van der Waals surface area contributed by atoms with Gasteiger partial charge in [-0.1, -0.05) is 26.1 Å². The van der Waals surface area contributed by atoms with Crippen LogP contribution in [0.5, 0.6) is 0 Å². The molecule has 0 saturated carbocycles. The van der Waals surface area contributed by atoms with Crippen LogP contribution in [0, 0.1) is 32.1 Å². The van der Waals surface area contributed by atoms with E-state index in [2.05, 4.69) is 24.8 Å². The standard InChI is InChI=1S/C20H13FN4.C20H16FN3O2.C2H6O.CH4/c1-13-10-14(5-7-17(13)21)20-16(4-3-9-23-20)15-6-8-18-24-11-19(22-2)25(18)12-15;1-12-9-13(4-6-16(12)21)19-15(3-2-8-22-19)14-5-7-18-23-10-17(20(25)26)24(18)11-14;1-2-3;/h3-12H,1H3;2-11,20,25-26H,1H3;3H,2H2,1H3;1H4. The zero-order chi connectivity index (χ0) is 38.4. The van der Waals surface area contributed by atoms with Crippen molar-refractivity contribution < 1.29 is 24.1 Å². The fraction of sp³-hybridized carbons (Fsp3) is 0.140. The number of aliphatic hydroxyl groups is 3. The van der Waals surface area contributed by atoms with E-state index >= 15 is 0 Å². The number of halogens is 2. The molecule has 55 heavy (non-hydrogen) atoms. The third-order valence-electron chi connectivity index (χ3n) is 8.50. The molecule has 2 aromatic carbocycles. The molecule has 0 aliphatic heterocycles. The number of fused-ring (bicyclic) bond motifs is 2. The van der Waals surface area contributed by atoms with Crippen LogP contribution in [0.4, 0.5) is 14.6 Å². The van der Waals surface area contributed by atoms with E-state index in [4.69, 9.17) is 11.7 Å². The smallest absolute Gasteiger partial charge is 0.254 e. The number of benzene rings is 2. The van der Waals surface area contributed by atoms with Crippen LogP contribution < -0.4 is 0 Å². The summed E-state index contributed by atoms with van der Waals surface area (Å²) in [6.45, 7) is 12.6. The molecular formula is C43H39F2N7O3. The van der Waals surface area contributed by atoms with Gasteiger partial charge in [0.1, 0.15) is 17.3 Å². The Morgan fingerprint density at radius 1 is 0.673 bits per heavy atom. The molecule has 0 spiro atoms. The monoisotopic (exact) mass is 739 g/mol. The van der Waals surface area contributed by atoms with Crippen LogP contribution in [-0.2, 0) is 0 Å².